The van der Waals surface area contributed by atoms with Crippen molar-refractivity contribution < 1.29 is 9.90 Å². The Kier molecular flexibility index (Phi) is 5.77. The molecule has 0 fully saturated rings. The standard InChI is InChI=1S/C7H13NO2/c1-2-5-8-6-3-4-7(9)10/h3-4,8H,2,5-6H2,1H3,(H,9,10)/b4-3+. The average Bonchev–Trinajstić information content (AvgIpc) is 1.87. The van der Waals surface area contributed by atoms with Gasteiger partial charge in [0.05, 0.1) is 0 Å². The zero-order valence-electron chi connectivity index (χ0n) is 6.13. The first-order valence-corrected chi connectivity index (χ1v) is 3.37. The number of hydrogen-bond acceptors (Lipinski definition) is 2. The molecule has 0 aliphatic rings. The Hall–Kier alpha value is -0.830. The molecule has 0 aliphatic carbocycles. The zero-order valence-corrected chi connectivity index (χ0v) is 6.13. The lowest BCUT2D eigenvalue weighted by molar-refractivity contribution is -0.131. The van der Waals surface area contributed by atoms with Crippen LogP contribution in [0.1, 0.15) is 13.3 Å². The van der Waals surface area contributed by atoms with Crippen molar-refractivity contribution in [2.45, 2.75) is 13.3 Å². The maximum absolute atomic E-state index is 9.92. The van der Waals surface area contributed by atoms with Gasteiger partial charge in [0.15, 0.2) is 0 Å². The van der Waals surface area contributed by atoms with Gasteiger partial charge < -0.3 is 10.4 Å². The van der Waals surface area contributed by atoms with E-state index in [9.17, 15) is 4.79 Å². The van der Waals surface area contributed by atoms with Gasteiger partial charge in [-0.1, -0.05) is 13.0 Å². The van der Waals surface area contributed by atoms with Crippen molar-refractivity contribution >= 4 is 5.97 Å². The first-order valence-electron chi connectivity index (χ1n) is 3.37. The topological polar surface area (TPSA) is 49.3 Å². The summed E-state index contributed by atoms with van der Waals surface area (Å²) in [6, 6.07) is 0. The van der Waals surface area contributed by atoms with Crippen LogP contribution in [-0.2, 0) is 4.79 Å². The van der Waals surface area contributed by atoms with Crippen LogP contribution in [0, 0.1) is 0 Å². The Morgan fingerprint density at radius 3 is 2.90 bits per heavy atom. The molecule has 0 bridgehead atoms. The molecular weight excluding hydrogens is 130 g/mol. The van der Waals surface area contributed by atoms with Gasteiger partial charge >= 0.3 is 5.97 Å². The number of nitrogens with one attached hydrogen (secondary N) is 1. The summed E-state index contributed by atoms with van der Waals surface area (Å²) < 4.78 is 0. The maximum atomic E-state index is 9.92. The lowest BCUT2D eigenvalue weighted by Crippen LogP contribution is -2.14. The van der Waals surface area contributed by atoms with Crippen molar-refractivity contribution in [3.63, 3.8) is 0 Å². The van der Waals surface area contributed by atoms with E-state index in [1.165, 1.54) is 0 Å². The van der Waals surface area contributed by atoms with E-state index in [0.29, 0.717) is 6.54 Å². The maximum Gasteiger partial charge on any atom is 0.328 e. The van der Waals surface area contributed by atoms with Gasteiger partial charge in [-0.2, -0.15) is 0 Å². The molecule has 0 aromatic rings. The summed E-state index contributed by atoms with van der Waals surface area (Å²) in [5, 5.41) is 11.2. The number of carboxylic acids is 1. The summed E-state index contributed by atoms with van der Waals surface area (Å²) in [5.74, 6) is -0.890. The van der Waals surface area contributed by atoms with Crippen LogP contribution in [0.3, 0.4) is 0 Å². The minimum Gasteiger partial charge on any atom is -0.478 e. The second-order valence-corrected chi connectivity index (χ2v) is 1.94. The molecule has 58 valence electrons. The van der Waals surface area contributed by atoms with Gasteiger partial charge in [0.1, 0.15) is 0 Å². The van der Waals surface area contributed by atoms with E-state index in [4.69, 9.17) is 5.11 Å². The molecule has 3 heteroatoms. The minimum atomic E-state index is -0.890. The van der Waals surface area contributed by atoms with Crippen LogP contribution in [0.15, 0.2) is 12.2 Å². The Morgan fingerprint density at radius 2 is 2.40 bits per heavy atom. The van der Waals surface area contributed by atoms with E-state index >= 15 is 0 Å². The van der Waals surface area contributed by atoms with Crippen LogP contribution in [0.2, 0.25) is 0 Å². The predicted octanol–water partition coefficient (Wildman–Crippen LogP) is 0.627. The van der Waals surface area contributed by atoms with Crippen molar-refractivity contribution in [2.75, 3.05) is 13.1 Å². The minimum absolute atomic E-state index is 0.639. The van der Waals surface area contributed by atoms with Gasteiger partial charge in [-0.05, 0) is 13.0 Å². The molecule has 0 spiro atoms. The third-order valence-corrected chi connectivity index (χ3v) is 0.949. The van der Waals surface area contributed by atoms with E-state index in [0.717, 1.165) is 19.0 Å². The van der Waals surface area contributed by atoms with Gasteiger partial charge in [-0.25, -0.2) is 4.79 Å². The summed E-state index contributed by atoms with van der Waals surface area (Å²) in [6.07, 6.45) is 3.81. The van der Waals surface area contributed by atoms with Gasteiger partial charge in [0, 0.05) is 12.6 Å². The molecule has 10 heavy (non-hydrogen) atoms. The van der Waals surface area contributed by atoms with Crippen LogP contribution in [0.4, 0.5) is 0 Å². The van der Waals surface area contributed by atoms with E-state index in [2.05, 4.69) is 12.2 Å². The van der Waals surface area contributed by atoms with Crippen molar-refractivity contribution in [1.29, 1.82) is 0 Å². The highest BCUT2D eigenvalue weighted by atomic mass is 16.4. The molecule has 0 saturated heterocycles. The lowest BCUT2D eigenvalue weighted by Gasteiger charge is -1.94. The smallest absolute Gasteiger partial charge is 0.328 e. The second-order valence-electron chi connectivity index (χ2n) is 1.94. The van der Waals surface area contributed by atoms with Crippen molar-refractivity contribution in [2.24, 2.45) is 0 Å². The molecule has 2 N–H and O–H groups in total. The van der Waals surface area contributed by atoms with Crippen molar-refractivity contribution in [1.82, 2.24) is 5.32 Å². The fraction of sp³-hybridized carbons (Fsp3) is 0.571. The first kappa shape index (κ1) is 9.17. The Labute approximate surface area is 60.7 Å². The Bertz CT molecular complexity index is 121. The zero-order chi connectivity index (χ0) is 7.82. The second kappa shape index (κ2) is 6.29. The number of carboxylic acid groups (broad SMARTS) is 1. The highest BCUT2D eigenvalue weighted by Crippen LogP contribution is 1.72. The molecule has 0 amide bonds. The van der Waals surface area contributed by atoms with Gasteiger partial charge in [0.25, 0.3) is 0 Å². The monoisotopic (exact) mass is 143 g/mol. The van der Waals surface area contributed by atoms with Crippen LogP contribution in [0.5, 0.6) is 0 Å². The molecule has 0 rings (SSSR count). The molecule has 0 aromatic heterocycles. The van der Waals surface area contributed by atoms with Crippen LogP contribution < -0.4 is 5.32 Å². The number of rotatable bonds is 5. The van der Waals surface area contributed by atoms with Gasteiger partial charge in [0.2, 0.25) is 0 Å². The summed E-state index contributed by atoms with van der Waals surface area (Å²) >= 11 is 0. The predicted molar refractivity (Wildman–Crippen MR) is 39.9 cm³/mol. The SMILES string of the molecule is CCCNC/C=C/C(=O)O. The van der Waals surface area contributed by atoms with E-state index < -0.39 is 5.97 Å². The lowest BCUT2D eigenvalue weighted by atomic mass is 10.4. The van der Waals surface area contributed by atoms with E-state index in [1.54, 1.807) is 6.08 Å². The molecule has 0 saturated carbocycles. The summed E-state index contributed by atoms with van der Waals surface area (Å²) in [6.45, 7) is 3.64. The number of aliphatic carboxylic acids is 1. The first-order chi connectivity index (χ1) is 4.77. The van der Waals surface area contributed by atoms with Crippen LogP contribution >= 0.6 is 0 Å². The number of hydrogen-bond donors (Lipinski definition) is 2. The molecule has 0 unspecified atom stereocenters. The molecule has 3 nitrogen and oxygen atoms in total. The molecule has 0 heterocycles. The summed E-state index contributed by atoms with van der Waals surface area (Å²) in [5.41, 5.74) is 0. The molecule has 0 atom stereocenters. The molecule has 0 aromatic carbocycles. The van der Waals surface area contributed by atoms with E-state index in [-0.39, 0.29) is 0 Å². The summed E-state index contributed by atoms with van der Waals surface area (Å²) in [4.78, 5) is 9.92. The van der Waals surface area contributed by atoms with Crippen LogP contribution in [0.25, 0.3) is 0 Å². The molecule has 0 aliphatic heterocycles. The molecule has 0 radical (unpaired) electrons. The highest BCUT2D eigenvalue weighted by Gasteiger charge is 1.83. The molecular formula is C7H13NO2. The third-order valence-electron chi connectivity index (χ3n) is 0.949. The van der Waals surface area contributed by atoms with Crippen molar-refractivity contribution in [3.05, 3.63) is 12.2 Å². The van der Waals surface area contributed by atoms with E-state index in [1.807, 2.05) is 0 Å². The highest BCUT2D eigenvalue weighted by molar-refractivity contribution is 5.79. The average molecular weight is 143 g/mol. The Morgan fingerprint density at radius 1 is 1.70 bits per heavy atom. The Balaban J connectivity index is 3.10. The largest absolute Gasteiger partial charge is 0.478 e. The normalized spacial score (nSPS) is 10.5. The fourth-order valence-electron chi connectivity index (χ4n) is 0.522. The fourth-order valence-corrected chi connectivity index (χ4v) is 0.522. The van der Waals surface area contributed by atoms with Gasteiger partial charge in [-0.3, -0.25) is 0 Å². The summed E-state index contributed by atoms with van der Waals surface area (Å²) in [7, 11) is 0. The quantitative estimate of drug-likeness (QED) is 0.438. The van der Waals surface area contributed by atoms with Crippen molar-refractivity contribution in [3.8, 4) is 0 Å². The third kappa shape index (κ3) is 7.17. The van der Waals surface area contributed by atoms with Crippen LogP contribution in [-0.4, -0.2) is 24.2 Å². The van der Waals surface area contributed by atoms with Gasteiger partial charge in [-0.15, -0.1) is 0 Å². The number of carbonyl (C=O) groups is 1.